The maximum atomic E-state index is 11.1. The molecule has 0 aliphatic carbocycles. The minimum atomic E-state index is -1.14. The lowest BCUT2D eigenvalue weighted by atomic mass is 10.1. The fourth-order valence-electron chi connectivity index (χ4n) is 2.10. The fourth-order valence-corrected chi connectivity index (χ4v) is 2.10. The van der Waals surface area contributed by atoms with Crippen LogP contribution in [-0.2, 0) is 4.79 Å². The number of para-hydroxylation sites is 1. The lowest BCUT2D eigenvalue weighted by Gasteiger charge is -2.13. The number of ether oxygens (including phenoxy) is 2. The number of nitro groups is 1. The Morgan fingerprint density at radius 2 is 2.16 bits per heavy atom. The molecule has 25 heavy (non-hydrogen) atoms. The van der Waals surface area contributed by atoms with Crippen LogP contribution in [0.5, 0.6) is 11.5 Å². The van der Waals surface area contributed by atoms with Crippen molar-refractivity contribution < 1.29 is 28.8 Å². The number of benzene rings is 1. The number of aliphatic carboxylic acids is 1. The predicted molar refractivity (Wildman–Crippen MR) is 87.6 cm³/mol. The molecular weight excluding hydrogens is 332 g/mol. The Hall–Kier alpha value is -3.36. The Morgan fingerprint density at radius 3 is 2.80 bits per heavy atom. The maximum Gasteiger partial charge on any atom is 0.341 e. The van der Waals surface area contributed by atoms with Gasteiger partial charge in [-0.05, 0) is 32.1 Å². The highest BCUT2D eigenvalue weighted by Gasteiger charge is 2.22. The summed E-state index contributed by atoms with van der Waals surface area (Å²) in [5, 5.41) is 23.5. The summed E-state index contributed by atoms with van der Waals surface area (Å²) in [5.41, 5.74) is 0.413. The predicted octanol–water partition coefficient (Wildman–Crippen LogP) is 2.92. The van der Waals surface area contributed by atoms with E-state index in [1.54, 1.807) is 25.1 Å². The number of rotatable bonds is 8. The van der Waals surface area contributed by atoms with Crippen LogP contribution in [0.2, 0.25) is 0 Å². The van der Waals surface area contributed by atoms with E-state index in [0.29, 0.717) is 17.9 Å². The first kappa shape index (κ1) is 18.0. The van der Waals surface area contributed by atoms with E-state index in [4.69, 9.17) is 19.1 Å². The van der Waals surface area contributed by atoms with Crippen LogP contribution in [0.1, 0.15) is 23.9 Å². The Kier molecular flexibility index (Phi) is 5.72. The van der Waals surface area contributed by atoms with Gasteiger partial charge in [0.05, 0.1) is 11.5 Å². The number of hydrogen-bond donors (Lipinski definition) is 1. The second-order valence-electron chi connectivity index (χ2n) is 4.86. The van der Waals surface area contributed by atoms with Gasteiger partial charge in [0.1, 0.15) is 0 Å². The summed E-state index contributed by atoms with van der Waals surface area (Å²) in [5.74, 6) is -0.563. The van der Waals surface area contributed by atoms with E-state index in [1.807, 2.05) is 0 Å². The van der Waals surface area contributed by atoms with Gasteiger partial charge in [-0.25, -0.2) is 4.79 Å². The van der Waals surface area contributed by atoms with Crippen molar-refractivity contribution >= 4 is 23.8 Å². The van der Waals surface area contributed by atoms with Gasteiger partial charge in [0.2, 0.25) is 5.76 Å². The van der Waals surface area contributed by atoms with Crippen LogP contribution >= 0.6 is 0 Å². The highest BCUT2D eigenvalue weighted by atomic mass is 16.6. The monoisotopic (exact) mass is 348 g/mol. The number of carboxylic acids is 1. The second kappa shape index (κ2) is 7.95. The summed E-state index contributed by atoms with van der Waals surface area (Å²) >= 11 is 0. The molecule has 0 aliphatic heterocycles. The Bertz CT molecular complexity index is 811. The molecule has 9 nitrogen and oxygen atoms in total. The van der Waals surface area contributed by atoms with Crippen LogP contribution in [-0.4, -0.2) is 34.4 Å². The fraction of sp³-hybridized carbons (Fsp3) is 0.250. The van der Waals surface area contributed by atoms with Gasteiger partial charge in [-0.3, -0.25) is 10.1 Å². The van der Waals surface area contributed by atoms with Crippen molar-refractivity contribution in [2.45, 2.75) is 13.8 Å². The molecule has 1 aromatic heterocycles. The molecule has 0 saturated carbocycles. The van der Waals surface area contributed by atoms with Crippen molar-refractivity contribution in [1.29, 1.82) is 0 Å². The zero-order valence-electron chi connectivity index (χ0n) is 13.6. The molecule has 2 rings (SSSR count). The summed E-state index contributed by atoms with van der Waals surface area (Å²) < 4.78 is 15.7. The molecule has 2 aromatic rings. The molecule has 0 aliphatic rings. The lowest BCUT2D eigenvalue weighted by Crippen LogP contribution is -2.11. The van der Waals surface area contributed by atoms with Crippen molar-refractivity contribution in [1.82, 2.24) is 5.16 Å². The van der Waals surface area contributed by atoms with Crippen LogP contribution in [0.15, 0.2) is 22.7 Å². The molecule has 1 N–H and O–H groups in total. The molecule has 0 amide bonds. The van der Waals surface area contributed by atoms with E-state index in [2.05, 4.69) is 5.16 Å². The third-order valence-corrected chi connectivity index (χ3v) is 3.10. The average molecular weight is 348 g/mol. The largest absolute Gasteiger partial charge is 0.490 e. The molecule has 1 aromatic carbocycles. The normalized spacial score (nSPS) is 10.8. The van der Waals surface area contributed by atoms with Crippen LogP contribution in [0.25, 0.3) is 12.2 Å². The highest BCUT2D eigenvalue weighted by Crippen LogP contribution is 2.33. The van der Waals surface area contributed by atoms with Crippen molar-refractivity contribution in [3.05, 3.63) is 45.3 Å². The molecule has 0 fully saturated rings. The topological polar surface area (TPSA) is 125 Å². The van der Waals surface area contributed by atoms with Gasteiger partial charge in [0.15, 0.2) is 23.8 Å². The summed E-state index contributed by atoms with van der Waals surface area (Å²) in [6.07, 6.45) is 2.88. The molecule has 9 heteroatoms. The first-order chi connectivity index (χ1) is 11.9. The van der Waals surface area contributed by atoms with Gasteiger partial charge in [0.25, 0.3) is 0 Å². The molecule has 0 radical (unpaired) electrons. The van der Waals surface area contributed by atoms with Crippen LogP contribution in [0.3, 0.4) is 0 Å². The first-order valence-electron chi connectivity index (χ1n) is 7.33. The number of aromatic nitrogens is 1. The molecule has 0 spiro atoms. The van der Waals surface area contributed by atoms with Crippen molar-refractivity contribution in [3.63, 3.8) is 0 Å². The van der Waals surface area contributed by atoms with Crippen molar-refractivity contribution in [2.75, 3.05) is 13.2 Å². The summed E-state index contributed by atoms with van der Waals surface area (Å²) in [6.45, 7) is 3.07. The number of nitrogens with zero attached hydrogens (tertiary/aromatic N) is 2. The molecule has 0 unspecified atom stereocenters. The Morgan fingerprint density at radius 1 is 1.40 bits per heavy atom. The average Bonchev–Trinajstić information content (AvgIpc) is 2.93. The van der Waals surface area contributed by atoms with Gasteiger partial charge in [-0.1, -0.05) is 17.3 Å². The van der Waals surface area contributed by atoms with Gasteiger partial charge in [-0.15, -0.1) is 0 Å². The van der Waals surface area contributed by atoms with E-state index in [-0.39, 0.29) is 22.9 Å². The van der Waals surface area contributed by atoms with Crippen LogP contribution in [0, 0.1) is 17.0 Å². The molecule has 0 saturated heterocycles. The number of hydrogen-bond acceptors (Lipinski definition) is 7. The molecule has 0 atom stereocenters. The smallest absolute Gasteiger partial charge is 0.341 e. The highest BCUT2D eigenvalue weighted by molar-refractivity contribution is 5.76. The first-order valence-corrected chi connectivity index (χ1v) is 7.33. The molecule has 1 heterocycles. The minimum Gasteiger partial charge on any atom is -0.490 e. The zero-order valence-corrected chi connectivity index (χ0v) is 13.6. The quantitative estimate of drug-likeness (QED) is 0.570. The van der Waals surface area contributed by atoms with E-state index in [1.165, 1.54) is 19.1 Å². The SMILES string of the molecule is CCOc1cccc(/C=C/c2onc(C)c2[N+](=O)[O-])c1OCC(=O)O. The van der Waals surface area contributed by atoms with Gasteiger partial charge < -0.3 is 19.1 Å². The number of carboxylic acid groups (broad SMARTS) is 1. The van der Waals surface area contributed by atoms with Gasteiger partial charge in [0, 0.05) is 5.56 Å². The van der Waals surface area contributed by atoms with Crippen LogP contribution in [0.4, 0.5) is 5.69 Å². The third kappa shape index (κ3) is 4.34. The number of carbonyl (C=O) groups is 1. The van der Waals surface area contributed by atoms with E-state index in [9.17, 15) is 14.9 Å². The molecule has 132 valence electrons. The third-order valence-electron chi connectivity index (χ3n) is 3.10. The molecule has 0 bridgehead atoms. The Balaban J connectivity index is 2.39. The van der Waals surface area contributed by atoms with Gasteiger partial charge in [-0.2, -0.15) is 0 Å². The lowest BCUT2D eigenvalue weighted by molar-refractivity contribution is -0.386. The minimum absolute atomic E-state index is 0.0199. The van der Waals surface area contributed by atoms with E-state index in [0.717, 1.165) is 0 Å². The number of aryl methyl sites for hydroxylation is 1. The van der Waals surface area contributed by atoms with Crippen molar-refractivity contribution in [3.8, 4) is 11.5 Å². The Labute approximate surface area is 142 Å². The maximum absolute atomic E-state index is 11.1. The second-order valence-corrected chi connectivity index (χ2v) is 4.86. The van der Waals surface area contributed by atoms with E-state index >= 15 is 0 Å². The van der Waals surface area contributed by atoms with Gasteiger partial charge >= 0.3 is 11.7 Å². The molecular formula is C16H16N2O7. The zero-order chi connectivity index (χ0) is 18.4. The summed E-state index contributed by atoms with van der Waals surface area (Å²) in [4.78, 5) is 21.3. The summed E-state index contributed by atoms with van der Waals surface area (Å²) in [6, 6.07) is 4.99. The standard InChI is InChI=1S/C16H16N2O7/c1-3-23-13-6-4-5-11(16(13)24-9-14(19)20)7-8-12-15(18(21)22)10(2)17-25-12/h4-8H,3,9H2,1-2H3,(H,19,20)/b8-7+. The summed E-state index contributed by atoms with van der Waals surface area (Å²) in [7, 11) is 0. The van der Waals surface area contributed by atoms with Crippen LogP contribution < -0.4 is 9.47 Å². The van der Waals surface area contributed by atoms with E-state index < -0.39 is 17.5 Å². The van der Waals surface area contributed by atoms with Crippen molar-refractivity contribution in [2.24, 2.45) is 0 Å².